The van der Waals surface area contributed by atoms with Crippen molar-refractivity contribution in [1.29, 1.82) is 0 Å². The van der Waals surface area contributed by atoms with Crippen LogP contribution in [0.25, 0.3) is 5.70 Å². The smallest absolute Gasteiger partial charge is 0.0713 e. The third-order valence-corrected chi connectivity index (χ3v) is 2.41. The van der Waals surface area contributed by atoms with Crippen molar-refractivity contribution < 1.29 is 0 Å². The van der Waals surface area contributed by atoms with Crippen LogP contribution < -0.4 is 17.0 Å². The Morgan fingerprint density at radius 3 is 2.47 bits per heavy atom. The summed E-state index contributed by atoms with van der Waals surface area (Å²) in [5.41, 5.74) is 11.1. The fourth-order valence-corrected chi connectivity index (χ4v) is 1.46. The largest absolute Gasteiger partial charge is 0.403 e. The highest BCUT2D eigenvalue weighted by atomic mass is 15.2. The number of hydrogen-bond acceptors (Lipinski definition) is 3. The van der Waals surface area contributed by atoms with Gasteiger partial charge in [-0.3, -0.25) is 5.84 Å². The van der Waals surface area contributed by atoms with E-state index in [1.807, 2.05) is 12.1 Å². The number of nitrogens with one attached hydrogen (secondary N) is 1. The van der Waals surface area contributed by atoms with Crippen LogP contribution in [0.3, 0.4) is 0 Å². The maximum absolute atomic E-state index is 5.43. The van der Waals surface area contributed by atoms with Crippen LogP contribution in [0.1, 0.15) is 30.9 Å². The molecule has 1 aromatic rings. The maximum Gasteiger partial charge on any atom is 0.0713 e. The zero-order valence-electron chi connectivity index (χ0n) is 9.16. The minimum Gasteiger partial charge on any atom is -0.403 e. The first kappa shape index (κ1) is 11.6. The number of rotatable bonds is 5. The average molecular weight is 205 g/mol. The fourth-order valence-electron chi connectivity index (χ4n) is 1.46. The third-order valence-electron chi connectivity index (χ3n) is 2.41. The number of hydrogen-bond donors (Lipinski definition) is 3. The second-order valence-corrected chi connectivity index (χ2v) is 3.53. The molecular weight excluding hydrogens is 186 g/mol. The van der Waals surface area contributed by atoms with Gasteiger partial charge < -0.3 is 11.2 Å². The molecule has 0 aliphatic carbocycles. The normalized spacial score (nSPS) is 11.5. The van der Waals surface area contributed by atoms with E-state index in [0.29, 0.717) is 0 Å². The molecule has 0 radical (unpaired) electrons. The molecule has 0 saturated heterocycles. The Morgan fingerprint density at radius 2 is 2.00 bits per heavy atom. The van der Waals surface area contributed by atoms with Gasteiger partial charge in [0, 0.05) is 11.8 Å². The van der Waals surface area contributed by atoms with Gasteiger partial charge in [0.1, 0.15) is 0 Å². The van der Waals surface area contributed by atoms with Crippen LogP contribution >= 0.6 is 0 Å². The highest BCUT2D eigenvalue weighted by Gasteiger charge is 1.98. The molecule has 0 aromatic heterocycles. The van der Waals surface area contributed by atoms with E-state index in [0.717, 1.165) is 17.7 Å². The molecule has 0 amide bonds. The molecule has 0 bridgehead atoms. The lowest BCUT2D eigenvalue weighted by atomic mass is 10.1. The number of aryl methyl sites for hydroxylation is 1. The first-order chi connectivity index (χ1) is 7.31. The SMILES string of the molecule is CCCCc1ccc(/C(=C/N)NN)cc1. The van der Waals surface area contributed by atoms with E-state index in [2.05, 4.69) is 24.5 Å². The Labute approximate surface area is 91.1 Å². The van der Waals surface area contributed by atoms with Crippen molar-refractivity contribution in [3.05, 3.63) is 41.6 Å². The Hall–Kier alpha value is -1.48. The lowest BCUT2D eigenvalue weighted by Crippen LogP contribution is -2.20. The molecule has 0 aliphatic rings. The number of benzene rings is 1. The van der Waals surface area contributed by atoms with Gasteiger partial charge in [-0.1, -0.05) is 37.6 Å². The molecule has 0 atom stereocenters. The summed E-state index contributed by atoms with van der Waals surface area (Å²) >= 11 is 0. The predicted octanol–water partition coefficient (Wildman–Crippen LogP) is 1.75. The minimum atomic E-state index is 0.747. The standard InChI is InChI=1S/C12H19N3/c1-2-3-4-10-5-7-11(8-6-10)12(9-13)15-14/h5-9,15H,2-4,13-14H2,1H3/b12-9-. The number of nitrogens with two attached hydrogens (primary N) is 2. The monoisotopic (exact) mass is 205 g/mol. The molecule has 1 rings (SSSR count). The van der Waals surface area contributed by atoms with Crippen LogP contribution in [0.15, 0.2) is 30.5 Å². The van der Waals surface area contributed by atoms with Gasteiger partial charge >= 0.3 is 0 Å². The van der Waals surface area contributed by atoms with E-state index in [1.54, 1.807) is 0 Å². The molecule has 0 spiro atoms. The van der Waals surface area contributed by atoms with E-state index in [4.69, 9.17) is 11.6 Å². The molecular formula is C12H19N3. The minimum absolute atomic E-state index is 0.747. The quantitative estimate of drug-likeness (QED) is 0.507. The van der Waals surface area contributed by atoms with Crippen molar-refractivity contribution in [2.75, 3.05) is 0 Å². The van der Waals surface area contributed by atoms with Gasteiger partial charge in [0.05, 0.1) is 5.70 Å². The van der Waals surface area contributed by atoms with Crippen LogP contribution in [0.2, 0.25) is 0 Å². The number of hydrazine groups is 1. The Balaban J connectivity index is 2.71. The molecule has 3 nitrogen and oxygen atoms in total. The second-order valence-electron chi connectivity index (χ2n) is 3.53. The number of unbranched alkanes of at least 4 members (excludes halogenated alkanes) is 1. The Kier molecular flexibility index (Phi) is 4.71. The van der Waals surface area contributed by atoms with Gasteiger partial charge in [0.25, 0.3) is 0 Å². The molecule has 82 valence electrons. The van der Waals surface area contributed by atoms with E-state index in [9.17, 15) is 0 Å². The third kappa shape index (κ3) is 3.29. The van der Waals surface area contributed by atoms with Crippen molar-refractivity contribution in [2.24, 2.45) is 11.6 Å². The maximum atomic E-state index is 5.43. The van der Waals surface area contributed by atoms with Gasteiger partial charge in [-0.25, -0.2) is 0 Å². The zero-order chi connectivity index (χ0) is 11.1. The van der Waals surface area contributed by atoms with Crippen molar-refractivity contribution >= 4 is 5.70 Å². The summed E-state index contributed by atoms with van der Waals surface area (Å²) in [6.07, 6.45) is 5.06. The predicted molar refractivity (Wildman–Crippen MR) is 64.5 cm³/mol. The summed E-state index contributed by atoms with van der Waals surface area (Å²) in [7, 11) is 0. The van der Waals surface area contributed by atoms with Crippen LogP contribution in [-0.4, -0.2) is 0 Å². The van der Waals surface area contributed by atoms with Gasteiger partial charge in [0.2, 0.25) is 0 Å². The highest BCUT2D eigenvalue weighted by Crippen LogP contribution is 2.12. The zero-order valence-corrected chi connectivity index (χ0v) is 9.16. The molecule has 0 heterocycles. The summed E-state index contributed by atoms with van der Waals surface area (Å²) < 4.78 is 0. The lowest BCUT2D eigenvalue weighted by molar-refractivity contribution is 0.795. The van der Waals surface area contributed by atoms with Crippen molar-refractivity contribution in [3.8, 4) is 0 Å². The average Bonchev–Trinajstić information content (AvgIpc) is 2.29. The highest BCUT2D eigenvalue weighted by molar-refractivity contribution is 5.63. The topological polar surface area (TPSA) is 64.1 Å². The Bertz CT molecular complexity index is 314. The first-order valence-corrected chi connectivity index (χ1v) is 5.29. The fraction of sp³-hybridized carbons (Fsp3) is 0.333. The van der Waals surface area contributed by atoms with E-state index in [1.165, 1.54) is 24.6 Å². The molecule has 1 aromatic carbocycles. The molecule has 0 aliphatic heterocycles. The van der Waals surface area contributed by atoms with E-state index >= 15 is 0 Å². The molecule has 5 N–H and O–H groups in total. The van der Waals surface area contributed by atoms with Crippen molar-refractivity contribution in [3.63, 3.8) is 0 Å². The van der Waals surface area contributed by atoms with Crippen LogP contribution in [-0.2, 0) is 6.42 Å². The van der Waals surface area contributed by atoms with Gasteiger partial charge in [-0.15, -0.1) is 0 Å². The van der Waals surface area contributed by atoms with Crippen LogP contribution in [0.4, 0.5) is 0 Å². The molecule has 0 fully saturated rings. The van der Waals surface area contributed by atoms with Crippen molar-refractivity contribution in [2.45, 2.75) is 26.2 Å². The summed E-state index contributed by atoms with van der Waals surface area (Å²) in [6.45, 7) is 2.20. The summed E-state index contributed by atoms with van der Waals surface area (Å²) in [5, 5.41) is 0. The van der Waals surface area contributed by atoms with Gasteiger partial charge in [0.15, 0.2) is 0 Å². The van der Waals surface area contributed by atoms with Crippen LogP contribution in [0.5, 0.6) is 0 Å². The molecule has 3 heteroatoms. The Morgan fingerprint density at radius 1 is 1.33 bits per heavy atom. The summed E-state index contributed by atoms with van der Waals surface area (Å²) in [6, 6.07) is 8.30. The first-order valence-electron chi connectivity index (χ1n) is 5.29. The van der Waals surface area contributed by atoms with E-state index in [-0.39, 0.29) is 0 Å². The molecule has 15 heavy (non-hydrogen) atoms. The second kappa shape index (κ2) is 6.09. The van der Waals surface area contributed by atoms with Crippen LogP contribution in [0, 0.1) is 0 Å². The lowest BCUT2D eigenvalue weighted by Gasteiger charge is -2.06. The van der Waals surface area contributed by atoms with Gasteiger partial charge in [-0.2, -0.15) is 0 Å². The molecule has 0 unspecified atom stereocenters. The summed E-state index contributed by atoms with van der Waals surface area (Å²) in [5.74, 6) is 5.34. The van der Waals surface area contributed by atoms with Crippen molar-refractivity contribution in [1.82, 2.24) is 5.43 Å². The molecule has 0 saturated carbocycles. The van der Waals surface area contributed by atoms with Gasteiger partial charge in [-0.05, 0) is 18.4 Å². The summed E-state index contributed by atoms with van der Waals surface area (Å²) in [4.78, 5) is 0. The van der Waals surface area contributed by atoms with E-state index < -0.39 is 0 Å².